The Balaban J connectivity index is 0.000000487. The van der Waals surface area contributed by atoms with E-state index in [9.17, 15) is 4.79 Å². The molecule has 0 aromatic heterocycles. The summed E-state index contributed by atoms with van der Waals surface area (Å²) in [7, 11) is 0. The van der Waals surface area contributed by atoms with Crippen LogP contribution in [0.3, 0.4) is 0 Å². The number of Topliss-reactive ketones (excluding diaryl/α,β-unsaturated/α-hetero) is 1. The highest BCUT2D eigenvalue weighted by atomic mass is 35.5. The lowest BCUT2D eigenvalue weighted by molar-refractivity contribution is 0.0982. The summed E-state index contributed by atoms with van der Waals surface area (Å²) >= 11 is 5.48. The lowest BCUT2D eigenvalue weighted by Gasteiger charge is -1.97. The molecule has 16 heavy (non-hydrogen) atoms. The number of carbonyl (C=O) groups excluding carboxylic acids is 1. The van der Waals surface area contributed by atoms with E-state index in [-0.39, 0.29) is 19.0 Å². The van der Waals surface area contributed by atoms with Crippen LogP contribution in [0.15, 0.2) is 30.3 Å². The number of ketones is 1. The Labute approximate surface area is 101 Å². The summed E-state index contributed by atoms with van der Waals surface area (Å²) in [4.78, 5) is 11.3. The minimum Gasteiger partial charge on any atom is -0.394 e. The summed E-state index contributed by atoms with van der Waals surface area (Å²) in [5, 5.41) is 15.2. The van der Waals surface area contributed by atoms with E-state index < -0.39 is 0 Å². The van der Waals surface area contributed by atoms with Gasteiger partial charge in [0.05, 0.1) is 13.2 Å². The Hall–Kier alpha value is -0.900. The Kier molecular flexibility index (Phi) is 10.0. The van der Waals surface area contributed by atoms with Gasteiger partial charge in [0.25, 0.3) is 0 Å². The molecule has 1 rings (SSSR count). The summed E-state index contributed by atoms with van der Waals surface area (Å²) in [5.41, 5.74) is 0.780. The number of rotatable bonds is 5. The third-order valence-corrected chi connectivity index (χ3v) is 2.00. The summed E-state index contributed by atoms with van der Waals surface area (Å²) in [5.74, 6) is 0.731. The molecule has 0 aliphatic rings. The second-order valence-corrected chi connectivity index (χ2v) is 3.41. The molecule has 0 radical (unpaired) electrons. The van der Waals surface area contributed by atoms with Crippen molar-refractivity contribution in [2.75, 3.05) is 19.1 Å². The Morgan fingerprint density at radius 3 is 2.12 bits per heavy atom. The van der Waals surface area contributed by atoms with Gasteiger partial charge >= 0.3 is 0 Å². The fourth-order valence-electron chi connectivity index (χ4n) is 0.996. The third kappa shape index (κ3) is 7.40. The molecule has 0 aliphatic carbocycles. The summed E-state index contributed by atoms with van der Waals surface area (Å²) in [6.45, 7) is -0.250. The molecule has 90 valence electrons. The van der Waals surface area contributed by atoms with Gasteiger partial charge in [-0.05, 0) is 6.42 Å². The second kappa shape index (κ2) is 10.6. The second-order valence-electron chi connectivity index (χ2n) is 3.03. The van der Waals surface area contributed by atoms with Crippen LogP contribution in [0.5, 0.6) is 0 Å². The molecular weight excluding hydrogens is 228 g/mol. The summed E-state index contributed by atoms with van der Waals surface area (Å²) < 4.78 is 0. The summed E-state index contributed by atoms with van der Waals surface area (Å²) in [6, 6.07) is 9.30. The Morgan fingerprint density at radius 2 is 1.69 bits per heavy atom. The number of benzene rings is 1. The van der Waals surface area contributed by atoms with Crippen molar-refractivity contribution in [3.8, 4) is 0 Å². The van der Waals surface area contributed by atoms with Gasteiger partial charge in [-0.3, -0.25) is 4.79 Å². The molecule has 0 amide bonds. The molecular formula is C12H17ClO3. The maximum absolute atomic E-state index is 11.3. The molecule has 0 saturated carbocycles. The number of halogens is 1. The zero-order chi connectivity index (χ0) is 12.2. The third-order valence-electron chi connectivity index (χ3n) is 1.73. The maximum Gasteiger partial charge on any atom is 0.162 e. The standard InChI is InChI=1S/C10H11ClO.C2H6O2/c11-8-4-7-10(12)9-5-2-1-3-6-9;3-1-2-4/h1-3,5-6H,4,7-8H2;3-4H,1-2H2. The van der Waals surface area contributed by atoms with Crippen LogP contribution in [0.2, 0.25) is 0 Å². The van der Waals surface area contributed by atoms with Crippen LogP contribution in [0.25, 0.3) is 0 Å². The van der Waals surface area contributed by atoms with E-state index in [1.807, 2.05) is 30.3 Å². The van der Waals surface area contributed by atoms with Gasteiger partial charge in [0, 0.05) is 17.9 Å². The Morgan fingerprint density at radius 1 is 1.12 bits per heavy atom. The predicted octanol–water partition coefficient (Wildman–Crippen LogP) is 1.86. The quantitative estimate of drug-likeness (QED) is 0.614. The van der Waals surface area contributed by atoms with Gasteiger partial charge in [-0.25, -0.2) is 0 Å². The van der Waals surface area contributed by atoms with Gasteiger partial charge < -0.3 is 10.2 Å². The predicted molar refractivity (Wildman–Crippen MR) is 64.9 cm³/mol. The largest absolute Gasteiger partial charge is 0.394 e. The van der Waals surface area contributed by atoms with Crippen LogP contribution in [0.1, 0.15) is 23.2 Å². The van der Waals surface area contributed by atoms with E-state index in [1.54, 1.807) is 0 Å². The molecule has 3 nitrogen and oxygen atoms in total. The molecule has 2 N–H and O–H groups in total. The number of alkyl halides is 1. The van der Waals surface area contributed by atoms with Gasteiger partial charge in [-0.1, -0.05) is 30.3 Å². The van der Waals surface area contributed by atoms with Crippen molar-refractivity contribution in [2.24, 2.45) is 0 Å². The first kappa shape index (κ1) is 15.1. The molecule has 0 fully saturated rings. The molecule has 1 aromatic carbocycles. The first-order chi connectivity index (χ1) is 7.76. The van der Waals surface area contributed by atoms with Gasteiger partial charge in [-0.15, -0.1) is 11.6 Å². The zero-order valence-electron chi connectivity index (χ0n) is 9.10. The minimum atomic E-state index is -0.125. The van der Waals surface area contributed by atoms with Crippen LogP contribution in [-0.2, 0) is 0 Å². The number of carbonyl (C=O) groups is 1. The van der Waals surface area contributed by atoms with E-state index in [2.05, 4.69) is 0 Å². The Bertz CT molecular complexity index is 273. The molecule has 0 spiro atoms. The van der Waals surface area contributed by atoms with E-state index in [0.717, 1.165) is 12.0 Å². The highest BCUT2D eigenvalue weighted by Gasteiger charge is 2.02. The molecule has 0 aliphatic heterocycles. The maximum atomic E-state index is 11.3. The van der Waals surface area contributed by atoms with E-state index >= 15 is 0 Å². The van der Waals surface area contributed by atoms with Crippen molar-refractivity contribution in [3.05, 3.63) is 35.9 Å². The molecule has 0 saturated heterocycles. The molecule has 0 heterocycles. The number of hydrogen-bond donors (Lipinski definition) is 2. The van der Waals surface area contributed by atoms with E-state index in [1.165, 1.54) is 0 Å². The number of aliphatic hydroxyl groups is 2. The van der Waals surface area contributed by atoms with E-state index in [4.69, 9.17) is 21.8 Å². The monoisotopic (exact) mass is 244 g/mol. The van der Waals surface area contributed by atoms with Crippen LogP contribution in [-0.4, -0.2) is 35.1 Å². The van der Waals surface area contributed by atoms with Crippen molar-refractivity contribution in [1.29, 1.82) is 0 Å². The van der Waals surface area contributed by atoms with Crippen LogP contribution >= 0.6 is 11.6 Å². The lowest BCUT2D eigenvalue weighted by atomic mass is 10.1. The molecule has 1 aromatic rings. The minimum absolute atomic E-state index is 0.125. The molecule has 0 unspecified atom stereocenters. The van der Waals surface area contributed by atoms with E-state index in [0.29, 0.717) is 12.3 Å². The number of aliphatic hydroxyl groups excluding tert-OH is 2. The molecule has 0 bridgehead atoms. The first-order valence-corrected chi connectivity index (χ1v) is 5.65. The van der Waals surface area contributed by atoms with Gasteiger partial charge in [0.1, 0.15) is 0 Å². The highest BCUT2D eigenvalue weighted by molar-refractivity contribution is 6.18. The smallest absolute Gasteiger partial charge is 0.162 e. The van der Waals surface area contributed by atoms with Crippen LogP contribution < -0.4 is 0 Å². The fraction of sp³-hybridized carbons (Fsp3) is 0.417. The molecule has 4 heteroatoms. The van der Waals surface area contributed by atoms with Gasteiger partial charge in [0.2, 0.25) is 0 Å². The van der Waals surface area contributed by atoms with Crippen LogP contribution in [0, 0.1) is 0 Å². The highest BCUT2D eigenvalue weighted by Crippen LogP contribution is 2.05. The normalized spacial score (nSPS) is 9.19. The lowest BCUT2D eigenvalue weighted by Crippen LogP contribution is -1.98. The van der Waals surface area contributed by atoms with Gasteiger partial charge in [-0.2, -0.15) is 0 Å². The zero-order valence-corrected chi connectivity index (χ0v) is 9.86. The van der Waals surface area contributed by atoms with Crippen LogP contribution in [0.4, 0.5) is 0 Å². The first-order valence-electron chi connectivity index (χ1n) is 5.12. The van der Waals surface area contributed by atoms with Crippen molar-refractivity contribution in [3.63, 3.8) is 0 Å². The average Bonchev–Trinajstić information content (AvgIpc) is 2.37. The van der Waals surface area contributed by atoms with Crippen molar-refractivity contribution < 1.29 is 15.0 Å². The van der Waals surface area contributed by atoms with Gasteiger partial charge in [0.15, 0.2) is 5.78 Å². The SMILES string of the molecule is O=C(CCCCl)c1ccccc1.OCCO. The average molecular weight is 245 g/mol. The summed E-state index contributed by atoms with van der Waals surface area (Å²) in [6.07, 6.45) is 1.31. The topological polar surface area (TPSA) is 57.5 Å². The fourth-order valence-corrected chi connectivity index (χ4v) is 1.13. The van der Waals surface area contributed by atoms with Crippen molar-refractivity contribution in [2.45, 2.75) is 12.8 Å². The molecule has 0 atom stereocenters. The van der Waals surface area contributed by atoms with Crippen molar-refractivity contribution in [1.82, 2.24) is 0 Å². The number of hydrogen-bond acceptors (Lipinski definition) is 3. The van der Waals surface area contributed by atoms with Crippen molar-refractivity contribution >= 4 is 17.4 Å².